The van der Waals surface area contributed by atoms with Crippen LogP contribution in [0.4, 0.5) is 0 Å². The SMILES string of the molecule is CC(C)C(NCc1csc(Br)c1)c1cccs1. The molecule has 0 radical (unpaired) electrons. The molecule has 1 atom stereocenters. The summed E-state index contributed by atoms with van der Waals surface area (Å²) in [7, 11) is 0. The topological polar surface area (TPSA) is 12.0 Å². The Bertz CT molecular complexity index is 448. The fourth-order valence-electron chi connectivity index (χ4n) is 1.80. The van der Waals surface area contributed by atoms with Crippen LogP contribution in [0.5, 0.6) is 0 Å². The van der Waals surface area contributed by atoms with Gasteiger partial charge in [0.05, 0.1) is 3.79 Å². The minimum Gasteiger partial charge on any atom is -0.305 e. The normalized spacial score (nSPS) is 13.2. The lowest BCUT2D eigenvalue weighted by Gasteiger charge is -2.21. The first kappa shape index (κ1) is 13.3. The van der Waals surface area contributed by atoms with E-state index in [2.05, 4.69) is 64.1 Å². The van der Waals surface area contributed by atoms with Gasteiger partial charge in [-0.25, -0.2) is 0 Å². The van der Waals surface area contributed by atoms with Crippen LogP contribution in [0, 0.1) is 5.92 Å². The van der Waals surface area contributed by atoms with E-state index in [4.69, 9.17) is 0 Å². The summed E-state index contributed by atoms with van der Waals surface area (Å²) < 4.78 is 1.20. The summed E-state index contributed by atoms with van der Waals surface area (Å²) >= 11 is 7.07. The molecule has 4 heteroatoms. The van der Waals surface area contributed by atoms with Crippen LogP contribution in [0.3, 0.4) is 0 Å². The molecule has 0 amide bonds. The van der Waals surface area contributed by atoms with E-state index in [-0.39, 0.29) is 0 Å². The minimum atomic E-state index is 0.452. The quantitative estimate of drug-likeness (QED) is 0.808. The Morgan fingerprint density at radius 2 is 2.18 bits per heavy atom. The molecule has 0 spiro atoms. The second-order valence-corrected chi connectivity index (χ2v) is 7.65. The Kier molecular flexibility index (Phi) is 4.79. The molecule has 92 valence electrons. The highest BCUT2D eigenvalue weighted by Gasteiger charge is 2.16. The van der Waals surface area contributed by atoms with Crippen molar-refractivity contribution in [1.82, 2.24) is 5.32 Å². The molecule has 17 heavy (non-hydrogen) atoms. The van der Waals surface area contributed by atoms with Crippen LogP contribution in [0.1, 0.15) is 30.3 Å². The van der Waals surface area contributed by atoms with E-state index < -0.39 is 0 Å². The number of nitrogens with one attached hydrogen (secondary N) is 1. The molecular weight excluding hydrogens is 314 g/mol. The van der Waals surface area contributed by atoms with Gasteiger partial charge in [0.15, 0.2) is 0 Å². The van der Waals surface area contributed by atoms with E-state index >= 15 is 0 Å². The predicted octanol–water partition coefficient (Wildman–Crippen LogP) is 5.06. The van der Waals surface area contributed by atoms with Gasteiger partial charge < -0.3 is 5.32 Å². The Morgan fingerprint density at radius 1 is 1.35 bits per heavy atom. The van der Waals surface area contributed by atoms with E-state index in [0.29, 0.717) is 12.0 Å². The molecule has 0 fully saturated rings. The third-order valence-corrected chi connectivity index (χ3v) is 5.17. The third kappa shape index (κ3) is 3.65. The lowest BCUT2D eigenvalue weighted by atomic mass is 10.0. The highest BCUT2D eigenvalue weighted by Crippen LogP contribution is 2.27. The summed E-state index contributed by atoms with van der Waals surface area (Å²) in [5, 5.41) is 7.99. The summed E-state index contributed by atoms with van der Waals surface area (Å²) in [6.45, 7) is 5.46. The van der Waals surface area contributed by atoms with E-state index in [1.165, 1.54) is 14.2 Å². The molecule has 2 aromatic rings. The van der Waals surface area contributed by atoms with Crippen molar-refractivity contribution in [3.05, 3.63) is 43.2 Å². The molecule has 0 saturated heterocycles. The van der Waals surface area contributed by atoms with Crippen LogP contribution in [0.25, 0.3) is 0 Å². The van der Waals surface area contributed by atoms with Crippen molar-refractivity contribution in [3.8, 4) is 0 Å². The smallest absolute Gasteiger partial charge is 0.0701 e. The molecule has 0 aromatic carbocycles. The van der Waals surface area contributed by atoms with Gasteiger partial charge in [0.25, 0.3) is 0 Å². The molecule has 2 heterocycles. The number of halogens is 1. The maximum atomic E-state index is 3.65. The molecule has 0 aliphatic heterocycles. The van der Waals surface area contributed by atoms with Crippen LogP contribution < -0.4 is 5.32 Å². The Balaban J connectivity index is 1.99. The summed E-state index contributed by atoms with van der Waals surface area (Å²) in [6, 6.07) is 6.97. The van der Waals surface area contributed by atoms with Crippen LogP contribution in [0.2, 0.25) is 0 Å². The maximum Gasteiger partial charge on any atom is 0.0701 e. The van der Waals surface area contributed by atoms with E-state index in [0.717, 1.165) is 6.54 Å². The van der Waals surface area contributed by atoms with Crippen LogP contribution in [-0.2, 0) is 6.54 Å². The average Bonchev–Trinajstić information content (AvgIpc) is 2.90. The zero-order valence-electron chi connectivity index (χ0n) is 9.94. The average molecular weight is 330 g/mol. The highest BCUT2D eigenvalue weighted by molar-refractivity contribution is 9.11. The van der Waals surface area contributed by atoms with Crippen molar-refractivity contribution in [3.63, 3.8) is 0 Å². The predicted molar refractivity (Wildman–Crippen MR) is 80.8 cm³/mol. The lowest BCUT2D eigenvalue weighted by molar-refractivity contribution is 0.417. The molecular formula is C13H16BrNS2. The molecule has 0 aliphatic rings. The van der Waals surface area contributed by atoms with Gasteiger partial charge in [-0.15, -0.1) is 22.7 Å². The van der Waals surface area contributed by atoms with Gasteiger partial charge in [0, 0.05) is 17.5 Å². The van der Waals surface area contributed by atoms with E-state index in [9.17, 15) is 0 Å². The zero-order valence-corrected chi connectivity index (χ0v) is 13.2. The Labute approximate surface area is 119 Å². The second kappa shape index (κ2) is 6.14. The van der Waals surface area contributed by atoms with Gasteiger partial charge in [0.2, 0.25) is 0 Å². The summed E-state index contributed by atoms with van der Waals surface area (Å²) in [4.78, 5) is 1.43. The minimum absolute atomic E-state index is 0.452. The van der Waals surface area contributed by atoms with Crippen molar-refractivity contribution in [2.24, 2.45) is 5.92 Å². The number of thiophene rings is 2. The van der Waals surface area contributed by atoms with Gasteiger partial charge in [-0.1, -0.05) is 19.9 Å². The monoisotopic (exact) mass is 329 g/mol. The molecule has 2 aromatic heterocycles. The molecule has 1 N–H and O–H groups in total. The van der Waals surface area contributed by atoms with Crippen LogP contribution >= 0.6 is 38.6 Å². The Hall–Kier alpha value is -0.160. The second-order valence-electron chi connectivity index (χ2n) is 4.38. The standard InChI is InChI=1S/C13H16BrNS2/c1-9(2)13(11-4-3-5-16-11)15-7-10-6-12(14)17-8-10/h3-6,8-9,13,15H,7H2,1-2H3. The number of hydrogen-bond donors (Lipinski definition) is 1. The van der Waals surface area contributed by atoms with Crippen molar-refractivity contribution in [2.45, 2.75) is 26.4 Å². The summed E-state index contributed by atoms with van der Waals surface area (Å²) in [5.74, 6) is 0.607. The van der Waals surface area contributed by atoms with Gasteiger partial charge in [0.1, 0.15) is 0 Å². The van der Waals surface area contributed by atoms with Gasteiger partial charge in [-0.05, 0) is 50.3 Å². The van der Waals surface area contributed by atoms with Crippen LogP contribution in [-0.4, -0.2) is 0 Å². The van der Waals surface area contributed by atoms with Gasteiger partial charge in [-0.3, -0.25) is 0 Å². The number of rotatable bonds is 5. The maximum absolute atomic E-state index is 3.65. The third-order valence-electron chi connectivity index (χ3n) is 2.66. The molecule has 0 aliphatic carbocycles. The fourth-order valence-corrected chi connectivity index (χ4v) is 3.98. The summed E-state index contributed by atoms with van der Waals surface area (Å²) in [5.41, 5.74) is 1.35. The molecule has 0 saturated carbocycles. The first-order valence-corrected chi connectivity index (χ1v) is 8.21. The zero-order chi connectivity index (χ0) is 12.3. The van der Waals surface area contributed by atoms with E-state index in [1.54, 1.807) is 11.3 Å². The molecule has 1 unspecified atom stereocenters. The van der Waals surface area contributed by atoms with Crippen LogP contribution in [0.15, 0.2) is 32.7 Å². The van der Waals surface area contributed by atoms with Crippen molar-refractivity contribution < 1.29 is 0 Å². The fraction of sp³-hybridized carbons (Fsp3) is 0.385. The van der Waals surface area contributed by atoms with Crippen molar-refractivity contribution in [2.75, 3.05) is 0 Å². The largest absolute Gasteiger partial charge is 0.305 e. The molecule has 1 nitrogen and oxygen atoms in total. The molecule has 2 rings (SSSR count). The lowest BCUT2D eigenvalue weighted by Crippen LogP contribution is -2.24. The van der Waals surface area contributed by atoms with Crippen molar-refractivity contribution >= 4 is 38.6 Å². The summed E-state index contributed by atoms with van der Waals surface area (Å²) in [6.07, 6.45) is 0. The first-order chi connectivity index (χ1) is 8.16. The van der Waals surface area contributed by atoms with E-state index in [1.807, 2.05) is 11.3 Å². The van der Waals surface area contributed by atoms with Crippen molar-refractivity contribution in [1.29, 1.82) is 0 Å². The number of hydrogen-bond acceptors (Lipinski definition) is 3. The Morgan fingerprint density at radius 3 is 2.71 bits per heavy atom. The molecule has 0 bridgehead atoms. The first-order valence-electron chi connectivity index (χ1n) is 5.66. The van der Waals surface area contributed by atoms with Gasteiger partial charge >= 0.3 is 0 Å². The van der Waals surface area contributed by atoms with Gasteiger partial charge in [-0.2, -0.15) is 0 Å². The highest BCUT2D eigenvalue weighted by atomic mass is 79.9.